The number of amides is 1. The van der Waals surface area contributed by atoms with E-state index in [0.29, 0.717) is 35.8 Å². The summed E-state index contributed by atoms with van der Waals surface area (Å²) in [5.74, 6) is 0.749. The lowest BCUT2D eigenvalue weighted by atomic mass is 10.0. The summed E-state index contributed by atoms with van der Waals surface area (Å²) >= 11 is 0. The molecular formula is C32H28N2O5. The summed E-state index contributed by atoms with van der Waals surface area (Å²) in [6, 6.07) is 27.8. The first-order chi connectivity index (χ1) is 18.9. The summed E-state index contributed by atoms with van der Waals surface area (Å²) in [5, 5.41) is 11.2. The largest absolute Gasteiger partial charge is 0.488 e. The molecule has 7 nitrogen and oxygen atoms in total. The minimum atomic E-state index is -0.423. The van der Waals surface area contributed by atoms with Gasteiger partial charge in [-0.2, -0.15) is 0 Å². The van der Waals surface area contributed by atoms with Crippen LogP contribution in [-0.2, 0) is 26.3 Å². The number of carbonyl (C=O) groups is 1. The zero-order valence-corrected chi connectivity index (χ0v) is 21.6. The highest BCUT2D eigenvalue weighted by Gasteiger charge is 2.29. The fraction of sp³-hybridized carbons (Fsp3) is 0.156. The molecule has 7 heteroatoms. The molecule has 0 unspecified atom stereocenters. The van der Waals surface area contributed by atoms with Crippen molar-refractivity contribution in [1.29, 1.82) is 0 Å². The van der Waals surface area contributed by atoms with E-state index in [0.717, 1.165) is 27.8 Å². The van der Waals surface area contributed by atoms with Gasteiger partial charge in [0.15, 0.2) is 0 Å². The van der Waals surface area contributed by atoms with Gasteiger partial charge in [-0.1, -0.05) is 73.3 Å². The molecule has 0 bridgehead atoms. The number of nitro benzene ring substituents is 1. The lowest BCUT2D eigenvalue weighted by Gasteiger charge is -2.21. The topological polar surface area (TPSA) is 81.9 Å². The van der Waals surface area contributed by atoms with Gasteiger partial charge in [0, 0.05) is 36.9 Å². The van der Waals surface area contributed by atoms with Crippen LogP contribution in [0.4, 0.5) is 5.69 Å². The third kappa shape index (κ3) is 5.83. The van der Waals surface area contributed by atoms with E-state index in [1.807, 2.05) is 67.6 Å². The number of fused-ring (bicyclic) bond motifs is 1. The summed E-state index contributed by atoms with van der Waals surface area (Å²) in [6.45, 7) is 7.25. The minimum absolute atomic E-state index is 0.0134. The predicted molar refractivity (Wildman–Crippen MR) is 149 cm³/mol. The van der Waals surface area contributed by atoms with Crippen LogP contribution in [0.3, 0.4) is 0 Å². The highest BCUT2D eigenvalue weighted by atomic mass is 16.6. The molecule has 4 aromatic carbocycles. The van der Waals surface area contributed by atoms with E-state index >= 15 is 0 Å². The highest BCUT2D eigenvalue weighted by Crippen LogP contribution is 2.36. The summed E-state index contributed by atoms with van der Waals surface area (Å²) in [6.07, 6.45) is 0. The van der Waals surface area contributed by atoms with E-state index in [4.69, 9.17) is 9.47 Å². The summed E-state index contributed by atoms with van der Waals surface area (Å²) < 4.78 is 12.4. The number of ether oxygens (including phenoxy) is 2. The molecule has 0 atom stereocenters. The Morgan fingerprint density at radius 1 is 0.821 bits per heavy atom. The lowest BCUT2D eigenvalue weighted by Crippen LogP contribution is -2.26. The van der Waals surface area contributed by atoms with Crippen LogP contribution in [0.25, 0.3) is 5.57 Å². The Morgan fingerprint density at radius 3 is 1.95 bits per heavy atom. The molecule has 1 aliphatic rings. The smallest absolute Gasteiger partial charge is 0.269 e. The Hall–Kier alpha value is -4.91. The van der Waals surface area contributed by atoms with Crippen molar-refractivity contribution in [1.82, 2.24) is 4.90 Å². The Kier molecular flexibility index (Phi) is 7.41. The molecule has 0 saturated carbocycles. The second-order valence-electron chi connectivity index (χ2n) is 9.54. The highest BCUT2D eigenvalue weighted by molar-refractivity contribution is 5.98. The van der Waals surface area contributed by atoms with Gasteiger partial charge < -0.3 is 14.4 Å². The van der Waals surface area contributed by atoms with Gasteiger partial charge in [-0.25, -0.2) is 0 Å². The molecule has 4 aromatic rings. The van der Waals surface area contributed by atoms with Crippen LogP contribution in [0, 0.1) is 10.1 Å². The fourth-order valence-electron chi connectivity index (χ4n) is 4.58. The van der Waals surface area contributed by atoms with E-state index in [2.05, 4.69) is 6.58 Å². The van der Waals surface area contributed by atoms with Crippen molar-refractivity contribution < 1.29 is 19.2 Å². The SMILES string of the molecule is C=C(C)c1cc(C(=O)N2Cc3ccc([N+](=O)[O-])cc3C2)c(OCc2ccccc2)cc1OCc1ccccc1. The third-order valence-electron chi connectivity index (χ3n) is 6.66. The summed E-state index contributed by atoms with van der Waals surface area (Å²) in [4.78, 5) is 26.4. The molecule has 196 valence electrons. The first-order valence-electron chi connectivity index (χ1n) is 12.6. The molecule has 0 radical (unpaired) electrons. The average molecular weight is 521 g/mol. The molecule has 0 saturated heterocycles. The van der Waals surface area contributed by atoms with Crippen molar-refractivity contribution >= 4 is 17.2 Å². The Balaban J connectivity index is 1.47. The van der Waals surface area contributed by atoms with Crippen molar-refractivity contribution in [3.05, 3.63) is 141 Å². The van der Waals surface area contributed by atoms with Crippen molar-refractivity contribution in [2.45, 2.75) is 33.2 Å². The fourth-order valence-corrected chi connectivity index (χ4v) is 4.58. The lowest BCUT2D eigenvalue weighted by molar-refractivity contribution is -0.384. The molecule has 1 aliphatic heterocycles. The molecule has 0 aromatic heterocycles. The average Bonchev–Trinajstić information content (AvgIpc) is 3.39. The van der Waals surface area contributed by atoms with Crippen molar-refractivity contribution in [3.8, 4) is 11.5 Å². The van der Waals surface area contributed by atoms with Gasteiger partial charge in [-0.15, -0.1) is 0 Å². The second-order valence-corrected chi connectivity index (χ2v) is 9.54. The standard InChI is InChI=1S/C32H28N2O5/c1-22(2)28-16-29(32(35)33-18-25-13-14-27(34(36)37)15-26(25)19-33)31(39-21-24-11-7-4-8-12-24)17-30(28)38-20-23-9-5-3-6-10-23/h3-17H,1,18-21H2,2H3. The Morgan fingerprint density at radius 2 is 1.38 bits per heavy atom. The summed E-state index contributed by atoms with van der Waals surface area (Å²) in [5.41, 5.74) is 5.51. The number of hydrogen-bond donors (Lipinski definition) is 0. The normalized spacial score (nSPS) is 12.1. The van der Waals surface area contributed by atoms with E-state index in [1.165, 1.54) is 12.1 Å². The number of rotatable bonds is 9. The Bertz CT molecular complexity index is 1530. The summed E-state index contributed by atoms with van der Waals surface area (Å²) in [7, 11) is 0. The molecule has 0 fully saturated rings. The van der Waals surface area contributed by atoms with Crippen molar-refractivity contribution in [2.75, 3.05) is 0 Å². The van der Waals surface area contributed by atoms with Crippen LogP contribution in [0.2, 0.25) is 0 Å². The van der Waals surface area contributed by atoms with Gasteiger partial charge in [-0.3, -0.25) is 14.9 Å². The van der Waals surface area contributed by atoms with E-state index in [9.17, 15) is 14.9 Å². The monoisotopic (exact) mass is 520 g/mol. The van der Waals surface area contributed by atoms with Gasteiger partial charge in [0.05, 0.1) is 10.5 Å². The number of nitro groups is 1. The zero-order valence-electron chi connectivity index (χ0n) is 21.6. The van der Waals surface area contributed by atoms with Crippen LogP contribution in [0.15, 0.2) is 97.6 Å². The quantitative estimate of drug-likeness (QED) is 0.176. The maximum atomic E-state index is 13.9. The maximum Gasteiger partial charge on any atom is 0.269 e. The van der Waals surface area contributed by atoms with E-state index in [-0.39, 0.29) is 24.7 Å². The molecular weight excluding hydrogens is 492 g/mol. The van der Waals surface area contributed by atoms with E-state index in [1.54, 1.807) is 23.1 Å². The first kappa shape index (κ1) is 25.7. The zero-order chi connectivity index (χ0) is 27.4. The molecule has 5 rings (SSSR count). The number of hydrogen-bond acceptors (Lipinski definition) is 5. The van der Waals surface area contributed by atoms with Crippen LogP contribution in [-0.4, -0.2) is 15.7 Å². The third-order valence-corrected chi connectivity index (χ3v) is 6.66. The molecule has 39 heavy (non-hydrogen) atoms. The van der Waals surface area contributed by atoms with Crippen molar-refractivity contribution in [2.24, 2.45) is 0 Å². The van der Waals surface area contributed by atoms with Gasteiger partial charge in [-0.05, 0) is 40.8 Å². The van der Waals surface area contributed by atoms with E-state index < -0.39 is 4.92 Å². The molecule has 1 heterocycles. The molecule has 0 spiro atoms. The van der Waals surface area contributed by atoms with Gasteiger partial charge in [0.1, 0.15) is 24.7 Å². The molecule has 0 aliphatic carbocycles. The first-order valence-corrected chi connectivity index (χ1v) is 12.6. The number of allylic oxidation sites excluding steroid dienone is 1. The Labute approximate surface area is 227 Å². The number of carbonyl (C=O) groups excluding carboxylic acids is 1. The van der Waals surface area contributed by atoms with Gasteiger partial charge >= 0.3 is 0 Å². The minimum Gasteiger partial charge on any atom is -0.488 e. The number of non-ortho nitro benzene ring substituents is 1. The van der Waals surface area contributed by atoms with Gasteiger partial charge in [0.25, 0.3) is 11.6 Å². The molecule has 0 N–H and O–H groups in total. The maximum absolute atomic E-state index is 13.9. The predicted octanol–water partition coefficient (Wildman–Crippen LogP) is 6.94. The van der Waals surface area contributed by atoms with Crippen LogP contribution in [0.1, 0.15) is 45.1 Å². The molecule has 1 amide bonds. The second kappa shape index (κ2) is 11.2. The van der Waals surface area contributed by atoms with Gasteiger partial charge in [0.2, 0.25) is 0 Å². The van der Waals surface area contributed by atoms with Crippen LogP contribution in [0.5, 0.6) is 11.5 Å². The van der Waals surface area contributed by atoms with Crippen LogP contribution < -0.4 is 9.47 Å². The van der Waals surface area contributed by atoms with Crippen molar-refractivity contribution in [3.63, 3.8) is 0 Å². The number of nitrogens with zero attached hydrogens (tertiary/aromatic N) is 2. The number of benzene rings is 4. The van der Waals surface area contributed by atoms with Crippen LogP contribution >= 0.6 is 0 Å².